The third-order valence-corrected chi connectivity index (χ3v) is 15.3. The molecule has 2 atom stereocenters. The first-order valence-electron chi connectivity index (χ1n) is 32.5. The van der Waals surface area contributed by atoms with Crippen LogP contribution in [-0.2, 0) is 14.3 Å². The molecule has 0 saturated heterocycles. The number of ether oxygens (including phenoxy) is 1. The molecule has 6 heteroatoms. The van der Waals surface area contributed by atoms with Gasteiger partial charge in [0.1, 0.15) is 0 Å². The van der Waals surface area contributed by atoms with E-state index < -0.39 is 12.1 Å². The molecule has 0 heterocycles. The zero-order valence-corrected chi connectivity index (χ0v) is 48.2. The van der Waals surface area contributed by atoms with Crippen molar-refractivity contribution < 1.29 is 24.5 Å². The summed E-state index contributed by atoms with van der Waals surface area (Å²) in [5.41, 5.74) is 0. The number of nitrogens with one attached hydrogen (secondary N) is 1. The fourth-order valence-electron chi connectivity index (χ4n) is 10.3. The molecule has 0 rings (SSSR count). The third-order valence-electron chi connectivity index (χ3n) is 15.3. The molecular formula is C65H127NO5. The molecule has 1 amide bonds. The zero-order valence-electron chi connectivity index (χ0n) is 48.2. The first-order chi connectivity index (χ1) is 35.0. The van der Waals surface area contributed by atoms with Crippen LogP contribution in [0.2, 0.25) is 0 Å². The van der Waals surface area contributed by atoms with E-state index in [4.69, 9.17) is 4.74 Å². The summed E-state index contributed by atoms with van der Waals surface area (Å²) in [5.74, 6) is -0.0503. The number of carbonyl (C=O) groups excluding carboxylic acids is 2. The summed E-state index contributed by atoms with van der Waals surface area (Å²) < 4.78 is 5.49. The second kappa shape index (κ2) is 61.1. The van der Waals surface area contributed by atoms with Gasteiger partial charge in [0.05, 0.1) is 25.4 Å². The van der Waals surface area contributed by atoms with Crippen molar-refractivity contribution in [3.63, 3.8) is 0 Å². The average molecular weight is 1000 g/mol. The highest BCUT2D eigenvalue weighted by Gasteiger charge is 2.18. The molecule has 3 N–H and O–H groups in total. The van der Waals surface area contributed by atoms with Crippen LogP contribution in [0.25, 0.3) is 0 Å². The van der Waals surface area contributed by atoms with Crippen LogP contribution in [0.5, 0.6) is 0 Å². The Hall–Kier alpha value is -1.40. The lowest BCUT2D eigenvalue weighted by Crippen LogP contribution is -2.45. The van der Waals surface area contributed by atoms with Gasteiger partial charge in [0, 0.05) is 12.8 Å². The van der Waals surface area contributed by atoms with Crippen molar-refractivity contribution in [2.75, 3.05) is 13.2 Å². The largest absolute Gasteiger partial charge is 0.466 e. The Kier molecular flexibility index (Phi) is 59.9. The molecule has 0 bridgehead atoms. The summed E-state index contributed by atoms with van der Waals surface area (Å²) in [6.07, 6.45) is 74.0. The number of aliphatic hydroxyl groups is 2. The molecule has 0 aromatic carbocycles. The zero-order chi connectivity index (χ0) is 51.4. The van der Waals surface area contributed by atoms with E-state index in [0.717, 1.165) is 38.5 Å². The summed E-state index contributed by atoms with van der Waals surface area (Å²) in [5, 5.41) is 23.2. The number of rotatable bonds is 61. The number of hydrogen-bond donors (Lipinski definition) is 3. The topological polar surface area (TPSA) is 95.9 Å². The SMILES string of the molecule is CCCCCCCCCCCCCCCCCC/C=C/C(O)C(CO)NC(=O)CCCCCCCCCCCCCCCCCCCCCCCOC(=O)CCCCCCCCCCCCCCCCC. The predicted molar refractivity (Wildman–Crippen MR) is 310 cm³/mol. The minimum absolute atomic E-state index is 0.0152. The number of amides is 1. The molecule has 422 valence electrons. The van der Waals surface area contributed by atoms with E-state index in [-0.39, 0.29) is 18.5 Å². The minimum atomic E-state index is -0.845. The second-order valence-corrected chi connectivity index (χ2v) is 22.5. The lowest BCUT2D eigenvalue weighted by Gasteiger charge is -2.20. The quantitative estimate of drug-likeness (QED) is 0.0320. The first kappa shape index (κ1) is 69.6. The summed E-state index contributed by atoms with van der Waals surface area (Å²) >= 11 is 0. The van der Waals surface area contributed by atoms with Crippen LogP contribution < -0.4 is 5.32 Å². The van der Waals surface area contributed by atoms with Crippen LogP contribution in [0.3, 0.4) is 0 Å². The van der Waals surface area contributed by atoms with Crippen molar-refractivity contribution in [1.82, 2.24) is 5.32 Å². The monoisotopic (exact) mass is 1000 g/mol. The van der Waals surface area contributed by atoms with Gasteiger partial charge in [-0.05, 0) is 32.1 Å². The smallest absolute Gasteiger partial charge is 0.305 e. The Morgan fingerprint density at radius 3 is 0.958 bits per heavy atom. The van der Waals surface area contributed by atoms with Crippen molar-refractivity contribution in [3.05, 3.63) is 12.2 Å². The van der Waals surface area contributed by atoms with E-state index in [1.165, 1.54) is 302 Å². The molecular weight excluding hydrogens is 875 g/mol. The van der Waals surface area contributed by atoms with Crippen LogP contribution in [0.15, 0.2) is 12.2 Å². The minimum Gasteiger partial charge on any atom is -0.466 e. The van der Waals surface area contributed by atoms with E-state index in [0.29, 0.717) is 19.4 Å². The van der Waals surface area contributed by atoms with Crippen molar-refractivity contribution >= 4 is 11.9 Å². The molecule has 0 aliphatic rings. The molecule has 0 radical (unpaired) electrons. The van der Waals surface area contributed by atoms with Crippen LogP contribution in [0.1, 0.15) is 367 Å². The number of carbonyl (C=O) groups is 2. The van der Waals surface area contributed by atoms with Crippen LogP contribution in [0, 0.1) is 0 Å². The normalized spacial score (nSPS) is 12.6. The molecule has 6 nitrogen and oxygen atoms in total. The summed E-state index contributed by atoms with van der Waals surface area (Å²) in [4.78, 5) is 24.6. The standard InChI is InChI=1S/C65H127NO5/c1-3-5-7-9-11-13-15-17-19-20-26-30-33-37-41-45-49-53-57-63(68)62(61-67)66-64(69)58-54-50-46-42-38-34-31-27-24-22-21-23-25-28-32-36-40-44-48-52-56-60-71-65(70)59-55-51-47-43-39-35-29-18-16-14-12-10-8-6-4-2/h53,57,62-63,67-68H,3-52,54-56,58-61H2,1-2H3,(H,66,69)/b57-53+. The van der Waals surface area contributed by atoms with Crippen LogP contribution in [0.4, 0.5) is 0 Å². The van der Waals surface area contributed by atoms with Gasteiger partial charge in [-0.1, -0.05) is 334 Å². The molecule has 0 spiro atoms. The second-order valence-electron chi connectivity index (χ2n) is 22.5. The Morgan fingerprint density at radius 2 is 0.648 bits per heavy atom. The van der Waals surface area contributed by atoms with Crippen molar-refractivity contribution in [1.29, 1.82) is 0 Å². The Bertz CT molecular complexity index is 1060. The summed E-state index contributed by atoms with van der Waals surface area (Å²) in [6.45, 7) is 4.94. The van der Waals surface area contributed by atoms with Gasteiger partial charge < -0.3 is 20.3 Å². The van der Waals surface area contributed by atoms with E-state index in [2.05, 4.69) is 19.2 Å². The number of esters is 1. The number of hydrogen-bond acceptors (Lipinski definition) is 5. The number of unbranched alkanes of at least 4 members (excludes halogenated alkanes) is 50. The van der Waals surface area contributed by atoms with E-state index in [1.807, 2.05) is 6.08 Å². The molecule has 0 saturated carbocycles. The maximum atomic E-state index is 12.5. The Balaban J connectivity index is 3.40. The van der Waals surface area contributed by atoms with Crippen molar-refractivity contribution in [3.8, 4) is 0 Å². The van der Waals surface area contributed by atoms with E-state index in [9.17, 15) is 19.8 Å². The predicted octanol–water partition coefficient (Wildman–Crippen LogP) is 20.4. The lowest BCUT2D eigenvalue weighted by atomic mass is 10.0. The van der Waals surface area contributed by atoms with Gasteiger partial charge in [0.15, 0.2) is 0 Å². The molecule has 71 heavy (non-hydrogen) atoms. The number of aliphatic hydroxyl groups excluding tert-OH is 2. The van der Waals surface area contributed by atoms with E-state index >= 15 is 0 Å². The highest BCUT2D eigenvalue weighted by Crippen LogP contribution is 2.18. The summed E-state index contributed by atoms with van der Waals surface area (Å²) in [7, 11) is 0. The molecule has 0 fully saturated rings. The Morgan fingerprint density at radius 1 is 0.380 bits per heavy atom. The van der Waals surface area contributed by atoms with Gasteiger partial charge in [-0.2, -0.15) is 0 Å². The van der Waals surface area contributed by atoms with Gasteiger partial charge in [-0.3, -0.25) is 9.59 Å². The maximum absolute atomic E-state index is 12.5. The molecule has 2 unspecified atom stereocenters. The summed E-state index contributed by atoms with van der Waals surface area (Å²) in [6, 6.07) is -0.628. The third kappa shape index (κ3) is 57.7. The van der Waals surface area contributed by atoms with Crippen molar-refractivity contribution in [2.45, 2.75) is 379 Å². The highest BCUT2D eigenvalue weighted by molar-refractivity contribution is 5.76. The van der Waals surface area contributed by atoms with Gasteiger partial charge in [-0.15, -0.1) is 0 Å². The highest BCUT2D eigenvalue weighted by atomic mass is 16.5. The fourth-order valence-corrected chi connectivity index (χ4v) is 10.3. The van der Waals surface area contributed by atoms with Gasteiger partial charge in [-0.25, -0.2) is 0 Å². The Labute approximate surface area is 444 Å². The maximum Gasteiger partial charge on any atom is 0.305 e. The molecule has 0 aliphatic carbocycles. The van der Waals surface area contributed by atoms with E-state index in [1.54, 1.807) is 6.08 Å². The van der Waals surface area contributed by atoms with Gasteiger partial charge in [0.2, 0.25) is 5.91 Å². The van der Waals surface area contributed by atoms with Crippen LogP contribution in [-0.4, -0.2) is 47.4 Å². The molecule has 0 aliphatic heterocycles. The lowest BCUT2D eigenvalue weighted by molar-refractivity contribution is -0.143. The number of allylic oxidation sites excluding steroid dienone is 1. The molecule has 0 aromatic heterocycles. The first-order valence-corrected chi connectivity index (χ1v) is 32.5. The van der Waals surface area contributed by atoms with Gasteiger partial charge >= 0.3 is 5.97 Å². The molecule has 0 aromatic rings. The fraction of sp³-hybridized carbons (Fsp3) is 0.938. The van der Waals surface area contributed by atoms with Crippen LogP contribution >= 0.6 is 0 Å². The van der Waals surface area contributed by atoms with Gasteiger partial charge in [0.25, 0.3) is 0 Å². The average Bonchev–Trinajstić information content (AvgIpc) is 3.37. The van der Waals surface area contributed by atoms with Crippen molar-refractivity contribution in [2.24, 2.45) is 0 Å².